The number of benzene rings is 2. The van der Waals surface area contributed by atoms with Crippen molar-refractivity contribution in [1.29, 1.82) is 5.26 Å². The van der Waals surface area contributed by atoms with Crippen LogP contribution in [0.4, 0.5) is 10.1 Å². The molecule has 0 fully saturated rings. The molecule has 2 aromatic rings. The number of sulfonamides is 1. The van der Waals surface area contributed by atoms with E-state index in [-0.39, 0.29) is 17.2 Å². The largest absolute Gasteiger partial charge is 0.465 e. The van der Waals surface area contributed by atoms with Crippen LogP contribution >= 0.6 is 0 Å². The van der Waals surface area contributed by atoms with Gasteiger partial charge in [-0.25, -0.2) is 12.8 Å². The number of hydrogen-bond donors (Lipinski definition) is 0. The highest BCUT2D eigenvalue weighted by atomic mass is 32.2. The molecule has 0 amide bonds. The Balaban J connectivity index is 2.46. The molecule has 0 aromatic heterocycles. The Labute approximate surface area is 145 Å². The van der Waals surface area contributed by atoms with Gasteiger partial charge in [0.1, 0.15) is 12.4 Å². The lowest BCUT2D eigenvalue weighted by molar-refractivity contribution is -0.141. The molecule has 0 radical (unpaired) electrons. The average molecular weight is 362 g/mol. The van der Waals surface area contributed by atoms with Gasteiger partial charge in [0.15, 0.2) is 0 Å². The lowest BCUT2D eigenvalue weighted by atomic mass is 10.2. The smallest absolute Gasteiger partial charge is 0.326 e. The minimum atomic E-state index is -4.10. The van der Waals surface area contributed by atoms with Crippen LogP contribution in [0.1, 0.15) is 12.5 Å². The zero-order chi connectivity index (χ0) is 18.4. The summed E-state index contributed by atoms with van der Waals surface area (Å²) >= 11 is 0. The van der Waals surface area contributed by atoms with Crippen LogP contribution in [0, 0.1) is 17.1 Å². The van der Waals surface area contributed by atoms with Crippen LogP contribution in [-0.2, 0) is 19.6 Å². The highest BCUT2D eigenvalue weighted by Crippen LogP contribution is 2.24. The third-order valence-electron chi connectivity index (χ3n) is 3.26. The van der Waals surface area contributed by atoms with Crippen LogP contribution in [0.15, 0.2) is 53.4 Å². The van der Waals surface area contributed by atoms with E-state index in [9.17, 15) is 17.6 Å². The summed E-state index contributed by atoms with van der Waals surface area (Å²) in [6.07, 6.45) is 0. The van der Waals surface area contributed by atoms with Crippen LogP contribution < -0.4 is 4.31 Å². The van der Waals surface area contributed by atoms with E-state index < -0.39 is 28.4 Å². The van der Waals surface area contributed by atoms with Gasteiger partial charge in [-0.3, -0.25) is 9.10 Å². The number of anilines is 1. The predicted octanol–water partition coefficient (Wildman–Crippen LogP) is 2.46. The molecule has 2 aromatic carbocycles. The topological polar surface area (TPSA) is 87.5 Å². The van der Waals surface area contributed by atoms with Crippen molar-refractivity contribution >= 4 is 21.7 Å². The van der Waals surface area contributed by atoms with E-state index in [0.717, 1.165) is 16.4 Å². The molecule has 0 bridgehead atoms. The molecule has 0 aliphatic rings. The van der Waals surface area contributed by atoms with Gasteiger partial charge in [-0.1, -0.05) is 0 Å². The Morgan fingerprint density at radius 2 is 1.76 bits per heavy atom. The summed E-state index contributed by atoms with van der Waals surface area (Å²) in [6, 6.07) is 11.9. The number of ether oxygens (including phenoxy) is 1. The minimum Gasteiger partial charge on any atom is -0.465 e. The molecule has 0 saturated heterocycles. The molecule has 8 heteroatoms. The number of hydrogen-bond acceptors (Lipinski definition) is 5. The van der Waals surface area contributed by atoms with Crippen molar-refractivity contribution < 1.29 is 22.3 Å². The van der Waals surface area contributed by atoms with Gasteiger partial charge in [0, 0.05) is 0 Å². The molecular weight excluding hydrogens is 347 g/mol. The molecule has 0 spiro atoms. The zero-order valence-electron chi connectivity index (χ0n) is 13.3. The Morgan fingerprint density at radius 3 is 2.28 bits per heavy atom. The summed E-state index contributed by atoms with van der Waals surface area (Å²) < 4.78 is 44.6. The van der Waals surface area contributed by atoms with E-state index >= 15 is 0 Å². The fraction of sp³-hybridized carbons (Fsp3) is 0.176. The summed E-state index contributed by atoms with van der Waals surface area (Å²) in [5.41, 5.74) is 0.427. The van der Waals surface area contributed by atoms with E-state index in [4.69, 9.17) is 10.00 Å². The number of nitrogens with zero attached hydrogens (tertiary/aromatic N) is 2. The third-order valence-corrected chi connectivity index (χ3v) is 5.05. The lowest BCUT2D eigenvalue weighted by Crippen LogP contribution is -2.36. The van der Waals surface area contributed by atoms with E-state index in [2.05, 4.69) is 0 Å². The van der Waals surface area contributed by atoms with Crippen LogP contribution in [0.25, 0.3) is 0 Å². The van der Waals surface area contributed by atoms with Crippen molar-refractivity contribution in [2.24, 2.45) is 0 Å². The maximum atomic E-state index is 13.1. The molecule has 0 aliphatic carbocycles. The number of carbonyl (C=O) groups is 1. The van der Waals surface area contributed by atoms with E-state index in [0.29, 0.717) is 5.56 Å². The van der Waals surface area contributed by atoms with Crippen molar-refractivity contribution in [2.45, 2.75) is 11.8 Å². The molecule has 0 saturated carbocycles. The molecule has 0 atom stereocenters. The van der Waals surface area contributed by atoms with Gasteiger partial charge in [0.2, 0.25) is 0 Å². The molecule has 0 aliphatic heterocycles. The number of esters is 1. The van der Waals surface area contributed by atoms with E-state index in [1.807, 2.05) is 6.07 Å². The summed E-state index contributed by atoms with van der Waals surface area (Å²) in [7, 11) is -4.10. The molecule has 25 heavy (non-hydrogen) atoms. The second kappa shape index (κ2) is 7.77. The summed E-state index contributed by atoms with van der Waals surface area (Å²) in [6.45, 7) is 1.16. The standard InChI is InChI=1S/C17H15FN2O4S/c1-2-24-17(21)12-20(15-7-5-14(18)6-8-15)25(22,23)16-9-3-13(11-19)4-10-16/h3-10H,2,12H2,1H3. The van der Waals surface area contributed by atoms with Crippen molar-refractivity contribution in [2.75, 3.05) is 17.5 Å². The van der Waals surface area contributed by atoms with Gasteiger partial charge in [0.05, 0.1) is 28.8 Å². The Hall–Kier alpha value is -2.92. The maximum Gasteiger partial charge on any atom is 0.326 e. The van der Waals surface area contributed by atoms with Crippen LogP contribution in [0.5, 0.6) is 0 Å². The number of rotatable bonds is 6. The fourth-order valence-corrected chi connectivity index (χ4v) is 3.48. The normalized spacial score (nSPS) is 10.8. The SMILES string of the molecule is CCOC(=O)CN(c1ccc(F)cc1)S(=O)(=O)c1ccc(C#N)cc1. The maximum absolute atomic E-state index is 13.1. The zero-order valence-corrected chi connectivity index (χ0v) is 14.2. The van der Waals surface area contributed by atoms with Crippen molar-refractivity contribution in [3.05, 3.63) is 59.9 Å². The fourth-order valence-electron chi connectivity index (χ4n) is 2.07. The Bertz CT molecular complexity index is 888. The lowest BCUT2D eigenvalue weighted by Gasteiger charge is -2.23. The van der Waals surface area contributed by atoms with Gasteiger partial charge < -0.3 is 4.74 Å². The third kappa shape index (κ3) is 4.33. The molecule has 0 unspecified atom stereocenters. The second-order valence-corrected chi connectivity index (χ2v) is 6.79. The second-order valence-electron chi connectivity index (χ2n) is 4.93. The van der Waals surface area contributed by atoms with E-state index in [1.54, 1.807) is 6.92 Å². The van der Waals surface area contributed by atoms with Crippen LogP contribution in [-0.4, -0.2) is 27.5 Å². The monoisotopic (exact) mass is 362 g/mol. The summed E-state index contributed by atoms with van der Waals surface area (Å²) in [4.78, 5) is 11.7. The van der Waals surface area contributed by atoms with E-state index in [1.165, 1.54) is 36.4 Å². The van der Waals surface area contributed by atoms with Gasteiger partial charge >= 0.3 is 5.97 Å². The number of nitriles is 1. The first-order chi connectivity index (χ1) is 11.9. The number of halogens is 1. The minimum absolute atomic E-state index is 0.0971. The van der Waals surface area contributed by atoms with Crippen molar-refractivity contribution in [3.63, 3.8) is 0 Å². The van der Waals surface area contributed by atoms with Crippen molar-refractivity contribution in [3.8, 4) is 6.07 Å². The van der Waals surface area contributed by atoms with Crippen LogP contribution in [0.2, 0.25) is 0 Å². The van der Waals surface area contributed by atoms with Gasteiger partial charge in [-0.05, 0) is 55.5 Å². The van der Waals surface area contributed by atoms with Crippen LogP contribution in [0.3, 0.4) is 0 Å². The van der Waals surface area contributed by atoms with Crippen molar-refractivity contribution in [1.82, 2.24) is 0 Å². The first kappa shape index (κ1) is 18.4. The molecule has 0 N–H and O–H groups in total. The molecule has 0 heterocycles. The highest BCUT2D eigenvalue weighted by molar-refractivity contribution is 7.92. The highest BCUT2D eigenvalue weighted by Gasteiger charge is 2.27. The molecular formula is C17H15FN2O4S. The number of carbonyl (C=O) groups excluding carboxylic acids is 1. The Kier molecular flexibility index (Phi) is 5.72. The van der Waals surface area contributed by atoms with Gasteiger partial charge in [-0.15, -0.1) is 0 Å². The predicted molar refractivity (Wildman–Crippen MR) is 88.7 cm³/mol. The first-order valence-electron chi connectivity index (χ1n) is 7.32. The molecule has 2 rings (SSSR count). The molecule has 130 valence electrons. The van der Waals surface area contributed by atoms with Gasteiger partial charge in [-0.2, -0.15) is 5.26 Å². The first-order valence-corrected chi connectivity index (χ1v) is 8.76. The molecule has 6 nitrogen and oxygen atoms in total. The quantitative estimate of drug-likeness (QED) is 0.737. The Morgan fingerprint density at radius 1 is 1.16 bits per heavy atom. The summed E-state index contributed by atoms with van der Waals surface area (Å²) in [5.74, 6) is -1.26. The van der Waals surface area contributed by atoms with Gasteiger partial charge in [0.25, 0.3) is 10.0 Å². The summed E-state index contributed by atoms with van der Waals surface area (Å²) in [5, 5.41) is 8.82. The average Bonchev–Trinajstić information content (AvgIpc) is 2.61.